The smallest absolute Gasteiger partial charge is 0.216 e. The lowest BCUT2D eigenvalue weighted by Gasteiger charge is -2.63. The van der Waals surface area contributed by atoms with E-state index in [1.165, 1.54) is 42.6 Å². The molecule has 0 radical (unpaired) electrons. The van der Waals surface area contributed by atoms with Gasteiger partial charge in [-0.05, 0) is 100 Å². The van der Waals surface area contributed by atoms with E-state index in [1.807, 2.05) is 0 Å². The molecule has 3 saturated heterocycles. The van der Waals surface area contributed by atoms with Crippen molar-refractivity contribution in [2.75, 3.05) is 26.2 Å². The van der Waals surface area contributed by atoms with Crippen LogP contribution in [-0.4, -0.2) is 80.4 Å². The minimum Gasteiger partial charge on any atom is -0.362 e. The number of ether oxygens (including phenoxy) is 1. The van der Waals surface area contributed by atoms with Gasteiger partial charge >= 0.3 is 0 Å². The van der Waals surface area contributed by atoms with Gasteiger partial charge in [-0.15, -0.1) is 0 Å². The number of benzene rings is 1. The van der Waals surface area contributed by atoms with Crippen LogP contribution in [0.3, 0.4) is 0 Å². The molecule has 9 heteroatoms. The van der Waals surface area contributed by atoms with Gasteiger partial charge in [0.05, 0.1) is 11.9 Å². The molecule has 5 unspecified atom stereocenters. The van der Waals surface area contributed by atoms with E-state index in [1.54, 1.807) is 0 Å². The number of aryl methyl sites for hydroxylation is 2. The highest BCUT2D eigenvalue weighted by atomic mass is 32.2. The summed E-state index contributed by atoms with van der Waals surface area (Å²) in [5.74, 6) is 0.969. The summed E-state index contributed by atoms with van der Waals surface area (Å²) >= 11 is 0. The van der Waals surface area contributed by atoms with Crippen molar-refractivity contribution < 1.29 is 13.2 Å². The molecule has 43 heavy (non-hydrogen) atoms. The molecular formula is C34H57N5O3S. The second kappa shape index (κ2) is 12.6. The van der Waals surface area contributed by atoms with E-state index in [0.29, 0.717) is 42.0 Å². The molecule has 1 aromatic rings. The largest absolute Gasteiger partial charge is 0.362 e. The van der Waals surface area contributed by atoms with Crippen LogP contribution in [0.1, 0.15) is 102 Å². The Balaban J connectivity index is 1.28. The van der Waals surface area contributed by atoms with E-state index in [0.717, 1.165) is 45.1 Å². The van der Waals surface area contributed by atoms with Crippen LogP contribution in [0.2, 0.25) is 0 Å². The Morgan fingerprint density at radius 1 is 1.02 bits per heavy atom. The van der Waals surface area contributed by atoms with Crippen molar-refractivity contribution in [3.8, 4) is 0 Å². The molecule has 1 aromatic carbocycles. The summed E-state index contributed by atoms with van der Waals surface area (Å²) in [6.45, 7) is 17.7. The maximum atomic E-state index is 13.9. The third-order valence-electron chi connectivity index (χ3n) is 11.3. The van der Waals surface area contributed by atoms with Crippen LogP contribution < -0.4 is 15.4 Å². The van der Waals surface area contributed by atoms with Gasteiger partial charge in [0.25, 0.3) is 0 Å². The van der Waals surface area contributed by atoms with E-state index in [9.17, 15) is 8.42 Å². The highest BCUT2D eigenvalue weighted by Gasteiger charge is 2.55. The van der Waals surface area contributed by atoms with Crippen molar-refractivity contribution >= 4 is 10.0 Å². The zero-order valence-corrected chi connectivity index (χ0v) is 28.3. The average molecular weight is 616 g/mol. The van der Waals surface area contributed by atoms with E-state index >= 15 is 0 Å². The Hall–Kier alpha value is -1.07. The van der Waals surface area contributed by atoms with Crippen LogP contribution in [0.15, 0.2) is 18.2 Å². The highest BCUT2D eigenvalue weighted by molar-refractivity contribution is 7.90. The molecule has 0 aromatic heterocycles. The summed E-state index contributed by atoms with van der Waals surface area (Å²) in [5, 5.41) is 6.76. The molecule has 242 valence electrons. The van der Waals surface area contributed by atoms with E-state index < -0.39 is 16.3 Å². The molecule has 3 heterocycles. The van der Waals surface area contributed by atoms with Crippen LogP contribution in [0.25, 0.3) is 0 Å². The maximum Gasteiger partial charge on any atom is 0.216 e. The lowest BCUT2D eigenvalue weighted by atomic mass is 9.59. The second-order valence-corrected chi connectivity index (χ2v) is 17.5. The Kier molecular flexibility index (Phi) is 9.36. The first-order valence-electron chi connectivity index (χ1n) is 17.1. The van der Waals surface area contributed by atoms with Crippen molar-refractivity contribution in [3.05, 3.63) is 34.9 Å². The average Bonchev–Trinajstić information content (AvgIpc) is 2.88. The number of hydrogen-bond acceptors (Lipinski definition) is 7. The Bertz CT molecular complexity index is 1200. The van der Waals surface area contributed by atoms with Crippen LogP contribution in [0, 0.1) is 31.1 Å². The molecule has 4 bridgehead atoms. The van der Waals surface area contributed by atoms with Crippen LogP contribution in [0.4, 0.5) is 0 Å². The normalized spacial score (nSPS) is 35.5. The minimum atomic E-state index is -3.52. The predicted octanol–water partition coefficient (Wildman–Crippen LogP) is 4.64. The summed E-state index contributed by atoms with van der Waals surface area (Å²) < 4.78 is 37.6. The van der Waals surface area contributed by atoms with Crippen molar-refractivity contribution in [3.63, 3.8) is 0 Å². The number of nitrogens with zero attached hydrogens (tertiary/aromatic N) is 2. The minimum absolute atomic E-state index is 0.00181. The topological polar surface area (TPSA) is 85.9 Å². The van der Waals surface area contributed by atoms with Crippen molar-refractivity contribution in [2.24, 2.45) is 17.3 Å². The quantitative estimate of drug-likeness (QED) is 0.445. The second-order valence-electron chi connectivity index (χ2n) is 15.5. The standard InChI is InChI=1S/C34H57N5O3S/c1-22(2)13-27-19-42-31-15-30(32-24(5)9-7-10-25(32)6)35-33(36-31)37-43(40,41)29-12-8-11-26(14-29)18-39(27)28-16-34(17-28)20-38(21-34)23(3)4/h7,9-10,22-23,26-31,33,35-37H,8,11-21H2,1-6H3/t26?,27-,29?,30?,31?,33?/m1/s1. The Morgan fingerprint density at radius 3 is 2.42 bits per heavy atom. The van der Waals surface area contributed by atoms with Crippen LogP contribution in [-0.2, 0) is 14.8 Å². The number of sulfonamides is 1. The van der Waals surface area contributed by atoms with Crippen molar-refractivity contribution in [2.45, 2.75) is 135 Å². The number of hydrogen-bond donors (Lipinski definition) is 3. The molecule has 6 rings (SSSR count). The molecule has 8 nitrogen and oxygen atoms in total. The molecule has 1 spiro atoms. The first-order chi connectivity index (χ1) is 20.4. The van der Waals surface area contributed by atoms with Gasteiger partial charge in [-0.3, -0.25) is 20.4 Å². The summed E-state index contributed by atoms with van der Waals surface area (Å²) in [6, 6.07) is 7.92. The molecule has 3 aliphatic heterocycles. The Labute approximate surface area is 261 Å². The van der Waals surface area contributed by atoms with Gasteiger partial charge in [0, 0.05) is 50.2 Å². The molecule has 2 saturated carbocycles. The number of rotatable bonds is 5. The fraction of sp³-hybridized carbons (Fsp3) is 0.824. The van der Waals surface area contributed by atoms with Gasteiger partial charge in [0.2, 0.25) is 10.0 Å². The third-order valence-corrected chi connectivity index (χ3v) is 13.2. The van der Waals surface area contributed by atoms with Gasteiger partial charge < -0.3 is 4.74 Å². The SMILES string of the molecule is Cc1cccc(C)c1C1CC2NC(N1)NS(=O)(=O)C1CCCC(C1)CN(C1CC3(C1)CN(C(C)C)C3)[C@H](CC(C)C)CO2. The summed E-state index contributed by atoms with van der Waals surface area (Å²) in [6.07, 6.45) is 7.16. The lowest BCUT2D eigenvalue weighted by Crippen LogP contribution is -2.69. The van der Waals surface area contributed by atoms with Crippen LogP contribution >= 0.6 is 0 Å². The monoisotopic (exact) mass is 615 g/mol. The zero-order valence-electron chi connectivity index (χ0n) is 27.4. The van der Waals surface area contributed by atoms with E-state index in [2.05, 4.69) is 84.9 Å². The van der Waals surface area contributed by atoms with Gasteiger partial charge in [0.1, 0.15) is 12.5 Å². The molecule has 0 amide bonds. The first-order valence-corrected chi connectivity index (χ1v) is 18.7. The van der Waals surface area contributed by atoms with Gasteiger partial charge in [-0.25, -0.2) is 8.42 Å². The molecule has 2 aliphatic carbocycles. The molecule has 6 atom stereocenters. The fourth-order valence-corrected chi connectivity index (χ4v) is 10.7. The third kappa shape index (κ3) is 6.88. The Morgan fingerprint density at radius 2 is 1.74 bits per heavy atom. The summed E-state index contributed by atoms with van der Waals surface area (Å²) in [5.41, 5.74) is 4.19. The van der Waals surface area contributed by atoms with E-state index in [-0.39, 0.29) is 17.5 Å². The van der Waals surface area contributed by atoms with Gasteiger partial charge in [-0.2, -0.15) is 4.72 Å². The highest BCUT2D eigenvalue weighted by Crippen LogP contribution is 2.52. The zero-order chi connectivity index (χ0) is 30.5. The first kappa shape index (κ1) is 31.9. The van der Waals surface area contributed by atoms with E-state index in [4.69, 9.17) is 4.74 Å². The molecule has 3 N–H and O–H groups in total. The summed E-state index contributed by atoms with van der Waals surface area (Å²) in [4.78, 5) is 5.41. The maximum absolute atomic E-state index is 13.9. The molecule has 5 fully saturated rings. The number of likely N-dealkylation sites (tertiary alicyclic amines) is 1. The predicted molar refractivity (Wildman–Crippen MR) is 173 cm³/mol. The number of fused-ring (bicyclic) bond motifs is 4. The van der Waals surface area contributed by atoms with Gasteiger partial charge in [0.15, 0.2) is 0 Å². The lowest BCUT2D eigenvalue weighted by molar-refractivity contribution is -0.140. The summed E-state index contributed by atoms with van der Waals surface area (Å²) in [7, 11) is -3.52. The molecule has 5 aliphatic rings. The van der Waals surface area contributed by atoms with Crippen molar-refractivity contribution in [1.82, 2.24) is 25.2 Å². The fourth-order valence-electron chi connectivity index (χ4n) is 9.08. The van der Waals surface area contributed by atoms with Gasteiger partial charge in [-0.1, -0.05) is 38.5 Å². The number of nitrogens with one attached hydrogen (secondary N) is 3. The van der Waals surface area contributed by atoms with Crippen molar-refractivity contribution in [1.29, 1.82) is 0 Å². The molecular weight excluding hydrogens is 558 g/mol. The van der Waals surface area contributed by atoms with Crippen LogP contribution in [0.5, 0.6) is 0 Å².